The smallest absolute Gasteiger partial charge is 0.167 e. The standard InChI is InChI=1S/C34H26N2O2/c1-23-22-36-29-20-12-11-19-27(29)28-21-30(35-31(32(28)36)33(38-23)24-13-5-2-6-14-24)34(37,25-15-7-3-8-16-25)26-17-9-4-10-18-26/h2-22,33,37H,1H3. The van der Waals surface area contributed by atoms with E-state index >= 15 is 0 Å². The van der Waals surface area contributed by atoms with E-state index in [4.69, 9.17) is 9.72 Å². The molecule has 0 saturated carbocycles. The summed E-state index contributed by atoms with van der Waals surface area (Å²) in [6.45, 7) is 1.98. The van der Waals surface area contributed by atoms with Gasteiger partial charge in [0.15, 0.2) is 11.7 Å². The summed E-state index contributed by atoms with van der Waals surface area (Å²) in [6.07, 6.45) is 1.61. The molecule has 0 aliphatic carbocycles. The highest BCUT2D eigenvalue weighted by molar-refractivity contribution is 6.10. The van der Waals surface area contributed by atoms with Gasteiger partial charge in [0.25, 0.3) is 0 Å². The third-order valence-electron chi connectivity index (χ3n) is 7.43. The molecule has 0 spiro atoms. The van der Waals surface area contributed by atoms with E-state index in [1.165, 1.54) is 0 Å². The Kier molecular flexibility index (Phi) is 5.17. The summed E-state index contributed by atoms with van der Waals surface area (Å²) >= 11 is 0. The number of pyridine rings is 1. The topological polar surface area (TPSA) is 47.3 Å². The molecule has 4 heteroatoms. The predicted octanol–water partition coefficient (Wildman–Crippen LogP) is 7.41. The van der Waals surface area contributed by atoms with Crippen LogP contribution in [0.25, 0.3) is 28.0 Å². The van der Waals surface area contributed by atoms with Crippen molar-refractivity contribution in [2.24, 2.45) is 0 Å². The first kappa shape index (κ1) is 22.5. The second-order valence-corrected chi connectivity index (χ2v) is 9.77. The summed E-state index contributed by atoms with van der Waals surface area (Å²) in [5.41, 5.74) is 4.46. The molecule has 4 nitrogen and oxygen atoms in total. The maximum absolute atomic E-state index is 12.7. The van der Waals surface area contributed by atoms with Crippen molar-refractivity contribution in [3.05, 3.63) is 155 Å². The summed E-state index contributed by atoms with van der Waals surface area (Å²) < 4.78 is 8.73. The Bertz CT molecular complexity index is 1770. The van der Waals surface area contributed by atoms with E-state index < -0.39 is 11.7 Å². The summed E-state index contributed by atoms with van der Waals surface area (Å²) in [5, 5.41) is 14.8. The molecule has 38 heavy (non-hydrogen) atoms. The van der Waals surface area contributed by atoms with Crippen LogP contribution >= 0.6 is 0 Å². The molecule has 0 radical (unpaired) electrons. The van der Waals surface area contributed by atoms with Crippen molar-refractivity contribution < 1.29 is 9.84 Å². The number of para-hydroxylation sites is 1. The first-order valence-corrected chi connectivity index (χ1v) is 12.8. The van der Waals surface area contributed by atoms with Crippen molar-refractivity contribution in [2.75, 3.05) is 0 Å². The van der Waals surface area contributed by atoms with Crippen molar-refractivity contribution >= 4 is 28.0 Å². The van der Waals surface area contributed by atoms with Gasteiger partial charge >= 0.3 is 0 Å². The molecule has 6 aromatic rings. The molecule has 2 aromatic heterocycles. The predicted molar refractivity (Wildman–Crippen MR) is 152 cm³/mol. The van der Waals surface area contributed by atoms with Crippen LogP contribution in [0.5, 0.6) is 0 Å². The molecule has 7 rings (SSSR count). The molecule has 1 unspecified atom stereocenters. The fourth-order valence-electron chi connectivity index (χ4n) is 5.68. The lowest BCUT2D eigenvalue weighted by Crippen LogP contribution is -2.30. The Morgan fingerprint density at radius 2 is 1.32 bits per heavy atom. The number of hydrogen-bond acceptors (Lipinski definition) is 3. The zero-order valence-corrected chi connectivity index (χ0v) is 21.0. The van der Waals surface area contributed by atoms with Crippen molar-refractivity contribution in [1.82, 2.24) is 9.55 Å². The van der Waals surface area contributed by atoms with Crippen LogP contribution in [0.3, 0.4) is 0 Å². The number of rotatable bonds is 4. The van der Waals surface area contributed by atoms with Crippen molar-refractivity contribution in [3.63, 3.8) is 0 Å². The van der Waals surface area contributed by atoms with Crippen molar-refractivity contribution in [3.8, 4) is 0 Å². The number of aromatic nitrogens is 2. The first-order chi connectivity index (χ1) is 18.6. The number of nitrogens with zero attached hydrogens (tertiary/aromatic N) is 2. The number of allylic oxidation sites excluding steroid dienone is 1. The maximum atomic E-state index is 12.7. The van der Waals surface area contributed by atoms with Gasteiger partial charge in [-0.2, -0.15) is 0 Å². The van der Waals surface area contributed by atoms with Crippen LogP contribution in [0.15, 0.2) is 127 Å². The minimum Gasteiger partial charge on any atom is -0.482 e. The number of fused-ring (bicyclic) bond motifs is 3. The summed E-state index contributed by atoms with van der Waals surface area (Å²) in [5.74, 6) is 0.794. The maximum Gasteiger partial charge on any atom is 0.167 e. The summed E-state index contributed by atoms with van der Waals surface area (Å²) in [6, 6.07) is 40.1. The lowest BCUT2D eigenvalue weighted by molar-refractivity contribution is 0.118. The monoisotopic (exact) mass is 494 g/mol. The van der Waals surface area contributed by atoms with Gasteiger partial charge in [-0.15, -0.1) is 0 Å². The molecular formula is C34H26N2O2. The quantitative estimate of drug-likeness (QED) is 0.278. The first-order valence-electron chi connectivity index (χ1n) is 12.8. The van der Waals surface area contributed by atoms with Crippen LogP contribution in [0.1, 0.15) is 41.1 Å². The second kappa shape index (κ2) is 8.72. The minimum absolute atomic E-state index is 0.434. The van der Waals surface area contributed by atoms with Gasteiger partial charge in [-0.05, 0) is 35.7 Å². The number of aliphatic hydroxyl groups is 1. The Morgan fingerprint density at radius 3 is 1.97 bits per heavy atom. The lowest BCUT2D eigenvalue weighted by Gasteiger charge is -2.30. The van der Waals surface area contributed by atoms with E-state index in [0.717, 1.165) is 49.9 Å². The molecule has 0 bridgehead atoms. The molecular weight excluding hydrogens is 468 g/mol. The van der Waals surface area contributed by atoms with E-state index in [0.29, 0.717) is 5.69 Å². The normalized spacial score (nSPS) is 15.2. The van der Waals surface area contributed by atoms with Gasteiger partial charge < -0.3 is 14.4 Å². The van der Waals surface area contributed by atoms with Crippen LogP contribution in [0, 0.1) is 0 Å². The van der Waals surface area contributed by atoms with Crippen LogP contribution in [-0.2, 0) is 10.3 Å². The third-order valence-corrected chi connectivity index (χ3v) is 7.43. The average Bonchev–Trinajstić information content (AvgIpc) is 3.20. The molecule has 0 fully saturated rings. The minimum atomic E-state index is -1.47. The molecule has 3 heterocycles. The zero-order chi connectivity index (χ0) is 25.7. The zero-order valence-electron chi connectivity index (χ0n) is 21.0. The third kappa shape index (κ3) is 3.38. The lowest BCUT2D eigenvalue weighted by atomic mass is 9.82. The largest absolute Gasteiger partial charge is 0.482 e. The van der Waals surface area contributed by atoms with Crippen LogP contribution in [0.2, 0.25) is 0 Å². The molecule has 1 N–H and O–H groups in total. The highest BCUT2D eigenvalue weighted by Crippen LogP contribution is 2.43. The van der Waals surface area contributed by atoms with E-state index in [-0.39, 0.29) is 0 Å². The molecule has 1 aliphatic rings. The number of ether oxygens (including phenoxy) is 1. The average molecular weight is 495 g/mol. The van der Waals surface area contributed by atoms with E-state index in [1.807, 2.05) is 104 Å². The van der Waals surface area contributed by atoms with Crippen LogP contribution in [-0.4, -0.2) is 14.7 Å². The molecule has 1 aliphatic heterocycles. The number of hydrogen-bond donors (Lipinski definition) is 1. The van der Waals surface area contributed by atoms with E-state index in [9.17, 15) is 5.11 Å². The molecule has 4 aromatic carbocycles. The van der Waals surface area contributed by atoms with Crippen LogP contribution in [0.4, 0.5) is 0 Å². The molecule has 1 atom stereocenters. The fourth-order valence-corrected chi connectivity index (χ4v) is 5.68. The van der Waals surface area contributed by atoms with Crippen molar-refractivity contribution in [2.45, 2.75) is 18.6 Å². The van der Waals surface area contributed by atoms with Gasteiger partial charge in [0, 0.05) is 17.0 Å². The van der Waals surface area contributed by atoms with Gasteiger partial charge in [-0.3, -0.25) is 0 Å². The van der Waals surface area contributed by atoms with Gasteiger partial charge in [0.05, 0.1) is 16.7 Å². The van der Waals surface area contributed by atoms with Crippen LogP contribution < -0.4 is 0 Å². The van der Waals surface area contributed by atoms with Gasteiger partial charge in [0.1, 0.15) is 11.5 Å². The highest BCUT2D eigenvalue weighted by atomic mass is 16.5. The highest BCUT2D eigenvalue weighted by Gasteiger charge is 2.38. The molecule has 184 valence electrons. The van der Waals surface area contributed by atoms with Gasteiger partial charge in [-0.25, -0.2) is 4.98 Å². The Labute approximate surface area is 221 Å². The van der Waals surface area contributed by atoms with Crippen molar-refractivity contribution in [1.29, 1.82) is 0 Å². The summed E-state index contributed by atoms with van der Waals surface area (Å²) in [4.78, 5) is 5.27. The van der Waals surface area contributed by atoms with Gasteiger partial charge in [-0.1, -0.05) is 109 Å². The Hall–Kier alpha value is -4.67. The summed E-state index contributed by atoms with van der Waals surface area (Å²) in [7, 11) is 0. The van der Waals surface area contributed by atoms with E-state index in [2.05, 4.69) is 34.9 Å². The molecule has 0 amide bonds. The van der Waals surface area contributed by atoms with Gasteiger partial charge in [0.2, 0.25) is 0 Å². The van der Waals surface area contributed by atoms with E-state index in [1.54, 1.807) is 0 Å². The SMILES string of the molecule is CC1=Cn2c3ccccc3c3cc(C(O)(c4ccccc4)c4ccccc4)nc(c32)C(c2ccccc2)O1. The number of benzene rings is 4. The second-order valence-electron chi connectivity index (χ2n) is 9.77. The molecule has 0 saturated heterocycles. The Balaban J connectivity index is 1.62. The Morgan fingerprint density at radius 1 is 0.737 bits per heavy atom. The fraction of sp³-hybridized carbons (Fsp3) is 0.0882.